The summed E-state index contributed by atoms with van der Waals surface area (Å²) in [6.45, 7) is 8.09. The number of nitrogens with one attached hydrogen (secondary N) is 1. The maximum Gasteiger partial charge on any atom is 0.124 e. The number of aryl methyl sites for hydroxylation is 2. The van der Waals surface area contributed by atoms with Crippen LogP contribution in [0.1, 0.15) is 48.6 Å². The summed E-state index contributed by atoms with van der Waals surface area (Å²) in [6, 6.07) is 7.10. The van der Waals surface area contributed by atoms with E-state index >= 15 is 0 Å². The Hall–Kier alpha value is -1.13. The van der Waals surface area contributed by atoms with Gasteiger partial charge in [-0.15, -0.1) is 0 Å². The Balaban J connectivity index is 2.14. The molecule has 20 heavy (non-hydrogen) atoms. The molecule has 1 aromatic carbocycles. The van der Waals surface area contributed by atoms with E-state index in [1.807, 2.05) is 13.8 Å². The lowest BCUT2D eigenvalue weighted by Gasteiger charge is -2.21. The van der Waals surface area contributed by atoms with E-state index in [0.29, 0.717) is 0 Å². The van der Waals surface area contributed by atoms with Crippen molar-refractivity contribution in [2.75, 3.05) is 0 Å². The molecule has 0 aliphatic rings. The fraction of sp³-hybridized carbons (Fsp3) is 0.375. The van der Waals surface area contributed by atoms with Gasteiger partial charge in [0.05, 0.1) is 0 Å². The van der Waals surface area contributed by atoms with E-state index in [2.05, 4.69) is 41.2 Å². The predicted molar refractivity (Wildman–Crippen MR) is 82.2 cm³/mol. The third-order valence-corrected chi connectivity index (χ3v) is 4.16. The summed E-state index contributed by atoms with van der Waals surface area (Å²) in [5.74, 6) is 1.62. The molecule has 1 N–H and O–H groups in total. The molecule has 0 aliphatic carbocycles. The van der Waals surface area contributed by atoms with Crippen molar-refractivity contribution in [3.8, 4) is 0 Å². The van der Waals surface area contributed by atoms with Crippen molar-refractivity contribution in [2.45, 2.75) is 39.8 Å². The molecule has 1 aromatic heterocycles. The van der Waals surface area contributed by atoms with Gasteiger partial charge < -0.3 is 9.73 Å². The van der Waals surface area contributed by atoms with Crippen LogP contribution in [0, 0.1) is 19.7 Å². The van der Waals surface area contributed by atoms with Gasteiger partial charge in [0.1, 0.15) is 17.3 Å². The molecule has 0 fully saturated rings. The molecule has 1 heterocycles. The highest BCUT2D eigenvalue weighted by Gasteiger charge is 2.17. The van der Waals surface area contributed by atoms with E-state index in [4.69, 9.17) is 4.42 Å². The first-order chi connectivity index (χ1) is 9.38. The minimum atomic E-state index is -0.234. The molecule has 4 heteroatoms. The second-order valence-electron chi connectivity index (χ2n) is 5.14. The first-order valence-electron chi connectivity index (χ1n) is 6.66. The van der Waals surface area contributed by atoms with Gasteiger partial charge in [0.15, 0.2) is 0 Å². The van der Waals surface area contributed by atoms with Crippen molar-refractivity contribution in [1.29, 1.82) is 0 Å². The summed E-state index contributed by atoms with van der Waals surface area (Å²) in [5, 5.41) is 3.51. The van der Waals surface area contributed by atoms with Crippen molar-refractivity contribution < 1.29 is 8.81 Å². The highest BCUT2D eigenvalue weighted by atomic mass is 79.9. The summed E-state index contributed by atoms with van der Waals surface area (Å²) in [4.78, 5) is 0. The van der Waals surface area contributed by atoms with Crippen molar-refractivity contribution in [1.82, 2.24) is 5.32 Å². The number of furan rings is 1. The molecule has 0 amide bonds. The van der Waals surface area contributed by atoms with Crippen LogP contribution in [0.25, 0.3) is 0 Å². The maximum atomic E-state index is 13.1. The predicted octanol–water partition coefficient (Wildman–Crippen LogP) is 5.21. The van der Waals surface area contributed by atoms with E-state index < -0.39 is 0 Å². The number of rotatable bonds is 4. The van der Waals surface area contributed by atoms with Crippen LogP contribution in [0.4, 0.5) is 4.39 Å². The molecular weight excluding hydrogens is 321 g/mol. The molecule has 0 saturated heterocycles. The maximum absolute atomic E-state index is 13.1. The Kier molecular flexibility index (Phi) is 4.66. The molecule has 0 aliphatic heterocycles. The highest BCUT2D eigenvalue weighted by Crippen LogP contribution is 2.28. The fourth-order valence-corrected chi connectivity index (χ4v) is 3.18. The molecule has 0 spiro atoms. The Morgan fingerprint density at radius 1 is 1.10 bits per heavy atom. The zero-order valence-corrected chi connectivity index (χ0v) is 13.7. The second-order valence-corrected chi connectivity index (χ2v) is 6.00. The minimum absolute atomic E-state index is 0.106. The van der Waals surface area contributed by atoms with Gasteiger partial charge in [-0.2, -0.15) is 0 Å². The average molecular weight is 340 g/mol. The van der Waals surface area contributed by atoms with Gasteiger partial charge in [0.25, 0.3) is 0 Å². The van der Waals surface area contributed by atoms with Crippen LogP contribution in [0.15, 0.2) is 33.2 Å². The number of hydrogen-bond donors (Lipinski definition) is 1. The van der Waals surface area contributed by atoms with E-state index in [0.717, 1.165) is 27.1 Å². The lowest BCUT2D eigenvalue weighted by molar-refractivity contribution is 0.468. The lowest BCUT2D eigenvalue weighted by atomic mass is 10.0. The van der Waals surface area contributed by atoms with Crippen LogP contribution < -0.4 is 5.32 Å². The van der Waals surface area contributed by atoms with Crippen molar-refractivity contribution in [3.63, 3.8) is 0 Å². The monoisotopic (exact) mass is 339 g/mol. The van der Waals surface area contributed by atoms with Crippen molar-refractivity contribution in [3.05, 3.63) is 57.2 Å². The zero-order valence-electron chi connectivity index (χ0n) is 12.1. The van der Waals surface area contributed by atoms with Gasteiger partial charge in [0.2, 0.25) is 0 Å². The number of benzene rings is 1. The van der Waals surface area contributed by atoms with Gasteiger partial charge in [-0.3, -0.25) is 0 Å². The number of hydrogen-bond acceptors (Lipinski definition) is 2. The van der Waals surface area contributed by atoms with E-state index in [9.17, 15) is 4.39 Å². The Morgan fingerprint density at radius 3 is 2.30 bits per heavy atom. The first-order valence-corrected chi connectivity index (χ1v) is 7.45. The lowest BCUT2D eigenvalue weighted by Crippen LogP contribution is -2.23. The Morgan fingerprint density at radius 2 is 1.75 bits per heavy atom. The van der Waals surface area contributed by atoms with Gasteiger partial charge in [-0.25, -0.2) is 4.39 Å². The summed E-state index contributed by atoms with van der Waals surface area (Å²) in [6.07, 6.45) is 0. The number of halogens is 2. The molecule has 0 radical (unpaired) electrons. The molecule has 0 bridgehead atoms. The summed E-state index contributed by atoms with van der Waals surface area (Å²) in [7, 11) is 0. The van der Waals surface area contributed by atoms with Gasteiger partial charge in [0, 0.05) is 22.1 Å². The van der Waals surface area contributed by atoms with E-state index in [-0.39, 0.29) is 17.9 Å². The van der Waals surface area contributed by atoms with Crippen LogP contribution in [-0.2, 0) is 0 Å². The average Bonchev–Trinajstić information content (AvgIpc) is 2.68. The zero-order chi connectivity index (χ0) is 14.9. The Labute approximate surface area is 127 Å². The summed E-state index contributed by atoms with van der Waals surface area (Å²) in [5.41, 5.74) is 2.20. The van der Waals surface area contributed by atoms with Crippen LogP contribution in [0.5, 0.6) is 0 Å². The van der Waals surface area contributed by atoms with Crippen LogP contribution in [0.3, 0.4) is 0 Å². The van der Waals surface area contributed by atoms with Gasteiger partial charge >= 0.3 is 0 Å². The van der Waals surface area contributed by atoms with Gasteiger partial charge in [-0.05, 0) is 51.5 Å². The van der Waals surface area contributed by atoms with E-state index in [1.165, 1.54) is 12.1 Å². The molecule has 2 aromatic rings. The molecule has 2 rings (SSSR count). The first kappa shape index (κ1) is 15.3. The van der Waals surface area contributed by atoms with Crippen LogP contribution in [0.2, 0.25) is 0 Å². The van der Waals surface area contributed by atoms with Crippen molar-refractivity contribution in [2.24, 2.45) is 0 Å². The third kappa shape index (κ3) is 3.30. The quantitative estimate of drug-likeness (QED) is 0.826. The molecule has 2 unspecified atom stereocenters. The standard InChI is InChI=1S/C16H19BrFNO/c1-9-7-15(12(4)20-9)11(3)19-10(2)14-6-5-13(18)8-16(14)17/h5-8,10-11,19H,1-4H3. The third-order valence-electron chi connectivity index (χ3n) is 3.47. The molecular formula is C16H19BrFNO. The molecule has 2 atom stereocenters. The molecule has 2 nitrogen and oxygen atoms in total. The smallest absolute Gasteiger partial charge is 0.124 e. The summed E-state index contributed by atoms with van der Waals surface area (Å²) >= 11 is 3.41. The molecule has 108 valence electrons. The normalized spacial score (nSPS) is 14.3. The van der Waals surface area contributed by atoms with E-state index in [1.54, 1.807) is 6.07 Å². The van der Waals surface area contributed by atoms with Crippen LogP contribution in [-0.4, -0.2) is 0 Å². The summed E-state index contributed by atoms with van der Waals surface area (Å²) < 4.78 is 19.5. The SMILES string of the molecule is Cc1cc(C(C)NC(C)c2ccc(F)cc2Br)c(C)o1. The Bertz CT molecular complexity index is 609. The fourth-order valence-electron chi connectivity index (χ4n) is 2.49. The second kappa shape index (κ2) is 6.10. The molecule has 0 saturated carbocycles. The highest BCUT2D eigenvalue weighted by molar-refractivity contribution is 9.10. The van der Waals surface area contributed by atoms with Crippen LogP contribution >= 0.6 is 15.9 Å². The largest absolute Gasteiger partial charge is 0.466 e. The minimum Gasteiger partial charge on any atom is -0.466 e. The topological polar surface area (TPSA) is 25.2 Å². The van der Waals surface area contributed by atoms with Gasteiger partial charge in [-0.1, -0.05) is 22.0 Å². The van der Waals surface area contributed by atoms with Crippen molar-refractivity contribution >= 4 is 15.9 Å².